The molecule has 17 heavy (non-hydrogen) atoms. The number of methoxy groups -OCH3 is 1. The number of halogens is 2. The zero-order valence-corrected chi connectivity index (χ0v) is 10.1. The lowest BCUT2D eigenvalue weighted by atomic mass is 9.74. The second kappa shape index (κ2) is 4.47. The maximum atomic E-state index is 13.8. The first-order valence-electron chi connectivity index (χ1n) is 5.76. The summed E-state index contributed by atoms with van der Waals surface area (Å²) < 4.78 is 32.2. The van der Waals surface area contributed by atoms with Gasteiger partial charge in [0.05, 0.1) is 12.9 Å². The summed E-state index contributed by atoms with van der Waals surface area (Å²) in [5.74, 6) is 0.0884. The molecular weight excluding hydrogens is 222 g/mol. The molecule has 92 valence electrons. The standard InChI is InChI=1S/C14H16F2O/c1-14(7-3-4-11(9-14)17-2)12-8-10(15)5-6-13(12)16/h5-6,8-9H,3-4,7H2,1-2H3/t14-/m1/s1. The second-order valence-corrected chi connectivity index (χ2v) is 4.71. The van der Waals surface area contributed by atoms with E-state index in [2.05, 4.69) is 0 Å². The first-order chi connectivity index (χ1) is 8.05. The fraction of sp³-hybridized carbons (Fsp3) is 0.429. The molecule has 1 nitrogen and oxygen atoms in total. The van der Waals surface area contributed by atoms with E-state index in [1.165, 1.54) is 12.1 Å². The molecule has 0 amide bonds. The lowest BCUT2D eigenvalue weighted by molar-refractivity contribution is 0.252. The number of hydrogen-bond donors (Lipinski definition) is 0. The summed E-state index contributed by atoms with van der Waals surface area (Å²) in [5.41, 5.74) is -0.0674. The van der Waals surface area contributed by atoms with Crippen LogP contribution in [0.1, 0.15) is 31.7 Å². The van der Waals surface area contributed by atoms with E-state index >= 15 is 0 Å². The largest absolute Gasteiger partial charge is 0.501 e. The van der Waals surface area contributed by atoms with Crippen molar-refractivity contribution in [2.24, 2.45) is 0 Å². The van der Waals surface area contributed by atoms with Crippen molar-refractivity contribution in [3.8, 4) is 0 Å². The topological polar surface area (TPSA) is 9.23 Å². The number of benzene rings is 1. The van der Waals surface area contributed by atoms with Crippen molar-refractivity contribution in [1.29, 1.82) is 0 Å². The number of hydrogen-bond acceptors (Lipinski definition) is 1. The lowest BCUT2D eigenvalue weighted by Crippen LogP contribution is -2.24. The van der Waals surface area contributed by atoms with E-state index < -0.39 is 11.2 Å². The minimum Gasteiger partial charge on any atom is -0.501 e. The van der Waals surface area contributed by atoms with Gasteiger partial charge in [-0.1, -0.05) is 6.92 Å². The van der Waals surface area contributed by atoms with Crippen LogP contribution < -0.4 is 0 Å². The van der Waals surface area contributed by atoms with Crippen molar-refractivity contribution in [1.82, 2.24) is 0 Å². The summed E-state index contributed by atoms with van der Waals surface area (Å²) in [5, 5.41) is 0. The summed E-state index contributed by atoms with van der Waals surface area (Å²) in [6, 6.07) is 3.61. The molecule has 0 saturated carbocycles. The van der Waals surface area contributed by atoms with Crippen LogP contribution in [0.4, 0.5) is 8.78 Å². The molecule has 1 aromatic carbocycles. The number of allylic oxidation sites excluding steroid dienone is 2. The summed E-state index contributed by atoms with van der Waals surface area (Å²) in [6.07, 6.45) is 4.50. The van der Waals surface area contributed by atoms with Gasteiger partial charge in [-0.15, -0.1) is 0 Å². The van der Waals surface area contributed by atoms with Crippen LogP contribution in [-0.4, -0.2) is 7.11 Å². The van der Waals surface area contributed by atoms with E-state index in [4.69, 9.17) is 4.74 Å². The molecule has 1 aliphatic carbocycles. The van der Waals surface area contributed by atoms with Gasteiger partial charge in [-0.05, 0) is 37.1 Å². The van der Waals surface area contributed by atoms with Crippen molar-refractivity contribution >= 4 is 0 Å². The Morgan fingerprint density at radius 3 is 2.76 bits per heavy atom. The van der Waals surface area contributed by atoms with Gasteiger partial charge in [0.2, 0.25) is 0 Å². The summed E-state index contributed by atoms with van der Waals surface area (Å²) >= 11 is 0. The fourth-order valence-corrected chi connectivity index (χ4v) is 2.44. The highest BCUT2D eigenvalue weighted by atomic mass is 19.1. The zero-order chi connectivity index (χ0) is 12.5. The summed E-state index contributed by atoms with van der Waals surface area (Å²) in [7, 11) is 1.61. The minimum atomic E-state index is -0.476. The molecule has 1 aliphatic rings. The predicted molar refractivity (Wildman–Crippen MR) is 62.7 cm³/mol. The number of rotatable bonds is 2. The second-order valence-electron chi connectivity index (χ2n) is 4.71. The molecule has 0 N–H and O–H groups in total. The molecule has 0 unspecified atom stereocenters. The van der Waals surface area contributed by atoms with E-state index in [0.717, 1.165) is 31.1 Å². The SMILES string of the molecule is COC1=C[C@](C)(c2cc(F)ccc2F)CCC1. The Labute approximate surface area is 100 Å². The van der Waals surface area contributed by atoms with Gasteiger partial charge in [-0.2, -0.15) is 0 Å². The Morgan fingerprint density at radius 2 is 2.06 bits per heavy atom. The number of ether oxygens (including phenoxy) is 1. The van der Waals surface area contributed by atoms with E-state index in [1.54, 1.807) is 7.11 Å². The zero-order valence-electron chi connectivity index (χ0n) is 10.1. The van der Waals surface area contributed by atoms with E-state index in [0.29, 0.717) is 5.56 Å². The van der Waals surface area contributed by atoms with E-state index in [1.807, 2.05) is 13.0 Å². The predicted octanol–water partition coefficient (Wildman–Crippen LogP) is 3.94. The third kappa shape index (κ3) is 2.33. The Bertz CT molecular complexity index is 454. The van der Waals surface area contributed by atoms with Gasteiger partial charge in [0.15, 0.2) is 0 Å². The van der Waals surface area contributed by atoms with Gasteiger partial charge >= 0.3 is 0 Å². The van der Waals surface area contributed by atoms with Crippen LogP contribution in [0, 0.1) is 11.6 Å². The third-order valence-corrected chi connectivity index (χ3v) is 3.40. The monoisotopic (exact) mass is 238 g/mol. The average molecular weight is 238 g/mol. The Morgan fingerprint density at radius 1 is 1.29 bits per heavy atom. The molecular formula is C14H16F2O. The van der Waals surface area contributed by atoms with Gasteiger partial charge in [0.25, 0.3) is 0 Å². The Kier molecular flexibility index (Phi) is 3.18. The van der Waals surface area contributed by atoms with Crippen LogP contribution in [0.25, 0.3) is 0 Å². The maximum absolute atomic E-state index is 13.8. The molecule has 0 heterocycles. The van der Waals surface area contributed by atoms with Crippen molar-refractivity contribution in [3.63, 3.8) is 0 Å². The van der Waals surface area contributed by atoms with Gasteiger partial charge in [0, 0.05) is 17.4 Å². The van der Waals surface area contributed by atoms with E-state index in [-0.39, 0.29) is 5.82 Å². The molecule has 2 rings (SSSR count). The van der Waals surface area contributed by atoms with Gasteiger partial charge in [-0.3, -0.25) is 0 Å². The fourth-order valence-electron chi connectivity index (χ4n) is 2.44. The van der Waals surface area contributed by atoms with Crippen molar-refractivity contribution in [3.05, 3.63) is 47.2 Å². The van der Waals surface area contributed by atoms with Crippen molar-refractivity contribution in [2.75, 3.05) is 7.11 Å². The molecule has 0 saturated heterocycles. The highest BCUT2D eigenvalue weighted by Gasteiger charge is 2.31. The van der Waals surface area contributed by atoms with Crippen LogP contribution in [-0.2, 0) is 10.2 Å². The smallest absolute Gasteiger partial charge is 0.127 e. The normalized spacial score (nSPS) is 24.4. The van der Waals surface area contributed by atoms with Crippen LogP contribution in [0.5, 0.6) is 0 Å². The molecule has 0 fully saturated rings. The van der Waals surface area contributed by atoms with Crippen LogP contribution in [0.3, 0.4) is 0 Å². The third-order valence-electron chi connectivity index (χ3n) is 3.40. The molecule has 1 atom stereocenters. The molecule has 3 heteroatoms. The summed E-state index contributed by atoms with van der Waals surface area (Å²) in [6.45, 7) is 1.92. The van der Waals surface area contributed by atoms with Gasteiger partial charge < -0.3 is 4.74 Å². The Balaban J connectivity index is 2.47. The first kappa shape index (κ1) is 12.1. The lowest BCUT2D eigenvalue weighted by Gasteiger charge is -2.31. The quantitative estimate of drug-likeness (QED) is 0.758. The average Bonchev–Trinajstić information content (AvgIpc) is 2.32. The molecule has 1 aromatic rings. The molecule has 0 radical (unpaired) electrons. The minimum absolute atomic E-state index is 0.359. The molecule has 0 bridgehead atoms. The molecule has 0 aromatic heterocycles. The van der Waals surface area contributed by atoms with Crippen molar-refractivity contribution in [2.45, 2.75) is 31.6 Å². The molecule has 0 spiro atoms. The Hall–Kier alpha value is -1.38. The van der Waals surface area contributed by atoms with Gasteiger partial charge in [-0.25, -0.2) is 8.78 Å². The van der Waals surface area contributed by atoms with E-state index in [9.17, 15) is 8.78 Å². The maximum Gasteiger partial charge on any atom is 0.127 e. The van der Waals surface area contributed by atoms with Crippen LogP contribution >= 0.6 is 0 Å². The highest BCUT2D eigenvalue weighted by Crippen LogP contribution is 2.38. The highest BCUT2D eigenvalue weighted by molar-refractivity contribution is 5.33. The summed E-state index contributed by atoms with van der Waals surface area (Å²) in [4.78, 5) is 0. The van der Waals surface area contributed by atoms with Crippen LogP contribution in [0.2, 0.25) is 0 Å². The van der Waals surface area contributed by atoms with Gasteiger partial charge in [0.1, 0.15) is 11.6 Å². The molecule has 0 aliphatic heterocycles. The first-order valence-corrected chi connectivity index (χ1v) is 5.76. The van der Waals surface area contributed by atoms with Crippen molar-refractivity contribution < 1.29 is 13.5 Å². The van der Waals surface area contributed by atoms with Crippen LogP contribution in [0.15, 0.2) is 30.0 Å².